The van der Waals surface area contributed by atoms with Gasteiger partial charge in [0.1, 0.15) is 0 Å². The average Bonchev–Trinajstić information content (AvgIpc) is 3.13. The summed E-state index contributed by atoms with van der Waals surface area (Å²) in [5, 5.41) is 0.754. The first kappa shape index (κ1) is 16.3. The second kappa shape index (κ2) is 6.98. The van der Waals surface area contributed by atoms with Crippen LogP contribution in [0, 0.1) is 0 Å². The SMILES string of the molecule is O=c1ccccn1-c1ccc(C2CSCN2c2ccc(Cl)cc2)cc1. The zero-order valence-corrected chi connectivity index (χ0v) is 15.1. The molecule has 0 saturated carbocycles. The maximum absolute atomic E-state index is 12.0. The second-order valence-electron chi connectivity index (χ2n) is 5.96. The summed E-state index contributed by atoms with van der Waals surface area (Å²) < 4.78 is 1.66. The first-order chi connectivity index (χ1) is 12.2. The van der Waals surface area contributed by atoms with Crippen molar-refractivity contribution in [3.05, 3.63) is 93.9 Å². The number of benzene rings is 2. The molecule has 1 aromatic heterocycles. The molecule has 1 aliphatic rings. The molecule has 1 unspecified atom stereocenters. The summed E-state index contributed by atoms with van der Waals surface area (Å²) in [6, 6.07) is 21.8. The van der Waals surface area contributed by atoms with E-state index in [-0.39, 0.29) is 5.56 Å². The summed E-state index contributed by atoms with van der Waals surface area (Å²) in [6.07, 6.45) is 1.79. The predicted molar refractivity (Wildman–Crippen MR) is 106 cm³/mol. The van der Waals surface area contributed by atoms with Crippen LogP contribution in [0.2, 0.25) is 5.02 Å². The highest BCUT2D eigenvalue weighted by atomic mass is 35.5. The fourth-order valence-corrected chi connectivity index (χ4v) is 4.46. The van der Waals surface area contributed by atoms with E-state index in [1.807, 2.05) is 42.1 Å². The topological polar surface area (TPSA) is 25.2 Å². The van der Waals surface area contributed by atoms with Crippen LogP contribution >= 0.6 is 23.4 Å². The summed E-state index contributed by atoms with van der Waals surface area (Å²) >= 11 is 7.93. The minimum absolute atomic E-state index is 0.0190. The van der Waals surface area contributed by atoms with Crippen LogP contribution in [-0.4, -0.2) is 16.2 Å². The number of aromatic nitrogens is 1. The maximum atomic E-state index is 12.0. The number of hydrogen-bond acceptors (Lipinski definition) is 3. The highest BCUT2D eigenvalue weighted by Gasteiger charge is 2.26. The van der Waals surface area contributed by atoms with E-state index in [2.05, 4.69) is 29.2 Å². The summed E-state index contributed by atoms with van der Waals surface area (Å²) in [6.45, 7) is 0. The highest BCUT2D eigenvalue weighted by molar-refractivity contribution is 7.99. The molecule has 2 heterocycles. The van der Waals surface area contributed by atoms with Crippen molar-refractivity contribution in [3.8, 4) is 5.69 Å². The molecule has 0 radical (unpaired) electrons. The summed E-state index contributed by atoms with van der Waals surface area (Å²) in [5.41, 5.74) is 3.31. The molecular formula is C20H17ClN2OS. The van der Waals surface area contributed by atoms with E-state index in [9.17, 15) is 4.79 Å². The highest BCUT2D eigenvalue weighted by Crippen LogP contribution is 2.37. The van der Waals surface area contributed by atoms with Crippen molar-refractivity contribution in [2.24, 2.45) is 0 Å². The van der Waals surface area contributed by atoms with Crippen LogP contribution in [0.25, 0.3) is 5.69 Å². The summed E-state index contributed by atoms with van der Waals surface area (Å²) in [4.78, 5) is 14.4. The number of hydrogen-bond donors (Lipinski definition) is 0. The van der Waals surface area contributed by atoms with Gasteiger partial charge in [0, 0.05) is 34.4 Å². The number of halogens is 1. The standard InChI is InChI=1S/C20H17ClN2OS/c21-16-6-10-18(11-7-16)23-14-25-13-19(23)15-4-8-17(9-5-15)22-12-2-1-3-20(22)24/h1-12,19H,13-14H2. The van der Waals surface area contributed by atoms with Gasteiger partial charge in [0.25, 0.3) is 5.56 Å². The largest absolute Gasteiger partial charge is 0.354 e. The van der Waals surface area contributed by atoms with Gasteiger partial charge in [0.05, 0.1) is 11.9 Å². The van der Waals surface area contributed by atoms with Gasteiger partial charge in [-0.25, -0.2) is 0 Å². The van der Waals surface area contributed by atoms with Crippen molar-refractivity contribution in [1.29, 1.82) is 0 Å². The van der Waals surface area contributed by atoms with Gasteiger partial charge in [-0.2, -0.15) is 0 Å². The number of pyridine rings is 1. The fourth-order valence-electron chi connectivity index (χ4n) is 3.10. The molecule has 1 aliphatic heterocycles. The molecule has 1 atom stereocenters. The number of rotatable bonds is 3. The van der Waals surface area contributed by atoms with Gasteiger partial charge in [-0.3, -0.25) is 9.36 Å². The Morgan fingerprint density at radius 2 is 1.64 bits per heavy atom. The fraction of sp³-hybridized carbons (Fsp3) is 0.150. The van der Waals surface area contributed by atoms with E-state index in [0.717, 1.165) is 22.3 Å². The Morgan fingerprint density at radius 3 is 2.36 bits per heavy atom. The zero-order valence-electron chi connectivity index (χ0n) is 13.5. The summed E-state index contributed by atoms with van der Waals surface area (Å²) in [7, 11) is 0. The van der Waals surface area contributed by atoms with Gasteiger partial charge in [-0.15, -0.1) is 11.8 Å². The first-order valence-corrected chi connectivity index (χ1v) is 9.63. The quantitative estimate of drug-likeness (QED) is 0.667. The van der Waals surface area contributed by atoms with E-state index >= 15 is 0 Å². The molecule has 0 aliphatic carbocycles. The molecule has 1 saturated heterocycles. The smallest absolute Gasteiger partial charge is 0.255 e. The minimum atomic E-state index is -0.0190. The molecule has 126 valence electrons. The lowest BCUT2D eigenvalue weighted by molar-refractivity contribution is 0.767. The van der Waals surface area contributed by atoms with Crippen LogP contribution in [0.1, 0.15) is 11.6 Å². The van der Waals surface area contributed by atoms with Crippen LogP contribution in [-0.2, 0) is 0 Å². The molecule has 25 heavy (non-hydrogen) atoms. The molecule has 0 spiro atoms. The summed E-state index contributed by atoms with van der Waals surface area (Å²) in [5.74, 6) is 2.01. The third kappa shape index (κ3) is 3.32. The van der Waals surface area contributed by atoms with Crippen LogP contribution in [0.15, 0.2) is 77.7 Å². The Kier molecular flexibility index (Phi) is 4.55. The number of anilines is 1. The Morgan fingerprint density at radius 1 is 0.920 bits per heavy atom. The third-order valence-corrected chi connectivity index (χ3v) is 5.68. The van der Waals surface area contributed by atoms with E-state index in [1.165, 1.54) is 11.3 Å². The molecule has 4 rings (SSSR count). The molecule has 0 amide bonds. The van der Waals surface area contributed by atoms with Crippen molar-refractivity contribution in [2.45, 2.75) is 6.04 Å². The van der Waals surface area contributed by atoms with E-state index in [4.69, 9.17) is 11.6 Å². The molecule has 0 bridgehead atoms. The lowest BCUT2D eigenvalue weighted by Crippen LogP contribution is -2.23. The molecule has 5 heteroatoms. The number of nitrogens with zero attached hydrogens (tertiary/aromatic N) is 2. The molecule has 0 N–H and O–H groups in total. The maximum Gasteiger partial charge on any atom is 0.255 e. The third-order valence-electron chi connectivity index (χ3n) is 4.42. The van der Waals surface area contributed by atoms with Gasteiger partial charge < -0.3 is 4.90 Å². The van der Waals surface area contributed by atoms with Crippen LogP contribution in [0.4, 0.5) is 5.69 Å². The average molecular weight is 369 g/mol. The Bertz CT molecular complexity index is 921. The van der Waals surface area contributed by atoms with Gasteiger partial charge in [0.15, 0.2) is 0 Å². The van der Waals surface area contributed by atoms with Crippen LogP contribution in [0.5, 0.6) is 0 Å². The molecule has 1 fully saturated rings. The lowest BCUT2D eigenvalue weighted by atomic mass is 10.1. The van der Waals surface area contributed by atoms with Crippen molar-refractivity contribution in [2.75, 3.05) is 16.5 Å². The van der Waals surface area contributed by atoms with E-state index < -0.39 is 0 Å². The van der Waals surface area contributed by atoms with E-state index in [0.29, 0.717) is 6.04 Å². The Balaban J connectivity index is 1.62. The first-order valence-electron chi connectivity index (χ1n) is 8.10. The molecule has 3 nitrogen and oxygen atoms in total. The monoisotopic (exact) mass is 368 g/mol. The molecule has 2 aromatic carbocycles. The van der Waals surface area contributed by atoms with Gasteiger partial charge in [-0.1, -0.05) is 29.8 Å². The minimum Gasteiger partial charge on any atom is -0.354 e. The number of thioether (sulfide) groups is 1. The Hall–Kier alpha value is -2.17. The van der Waals surface area contributed by atoms with Crippen molar-refractivity contribution in [3.63, 3.8) is 0 Å². The predicted octanol–water partition coefficient (Wildman–Crippen LogP) is 4.74. The molecular weight excluding hydrogens is 352 g/mol. The van der Waals surface area contributed by atoms with Crippen LogP contribution < -0.4 is 10.5 Å². The lowest BCUT2D eigenvalue weighted by Gasteiger charge is -2.26. The second-order valence-corrected chi connectivity index (χ2v) is 7.40. The van der Waals surface area contributed by atoms with Crippen LogP contribution in [0.3, 0.4) is 0 Å². The van der Waals surface area contributed by atoms with E-state index in [1.54, 1.807) is 22.9 Å². The normalized spacial score (nSPS) is 17.0. The van der Waals surface area contributed by atoms with Gasteiger partial charge in [0.2, 0.25) is 0 Å². The van der Waals surface area contributed by atoms with Gasteiger partial charge >= 0.3 is 0 Å². The van der Waals surface area contributed by atoms with Crippen molar-refractivity contribution < 1.29 is 0 Å². The van der Waals surface area contributed by atoms with Crippen molar-refractivity contribution in [1.82, 2.24) is 4.57 Å². The molecule has 3 aromatic rings. The van der Waals surface area contributed by atoms with Gasteiger partial charge in [-0.05, 0) is 48.0 Å². The zero-order chi connectivity index (χ0) is 17.2. The van der Waals surface area contributed by atoms with Crippen molar-refractivity contribution >= 4 is 29.1 Å². The Labute approximate surface area is 155 Å².